The lowest BCUT2D eigenvalue weighted by atomic mass is 9.73. The molecule has 0 aromatic heterocycles. The van der Waals surface area contributed by atoms with Crippen molar-refractivity contribution in [2.24, 2.45) is 17.8 Å². The lowest BCUT2D eigenvalue weighted by molar-refractivity contribution is -0.145. The molecule has 0 aromatic carbocycles. The summed E-state index contributed by atoms with van der Waals surface area (Å²) < 4.78 is 5.16. The van der Waals surface area contributed by atoms with Crippen LogP contribution in [0.5, 0.6) is 0 Å². The molecule has 1 saturated carbocycles. The summed E-state index contributed by atoms with van der Waals surface area (Å²) in [7, 11) is 0. The van der Waals surface area contributed by atoms with E-state index >= 15 is 0 Å². The van der Waals surface area contributed by atoms with Gasteiger partial charge in [0, 0.05) is 6.92 Å². The van der Waals surface area contributed by atoms with Crippen LogP contribution in [0, 0.1) is 17.8 Å². The molecule has 1 aliphatic rings. The van der Waals surface area contributed by atoms with Crippen molar-refractivity contribution in [1.29, 1.82) is 0 Å². The molecule has 94 valence electrons. The van der Waals surface area contributed by atoms with Gasteiger partial charge in [-0.1, -0.05) is 20.3 Å². The summed E-state index contributed by atoms with van der Waals surface area (Å²) in [6.45, 7) is 8.21. The van der Waals surface area contributed by atoms with E-state index in [9.17, 15) is 4.79 Å². The molecule has 0 aromatic rings. The molecule has 1 aliphatic carbocycles. The molecule has 2 heteroatoms. The Labute approximate surface area is 99.8 Å². The van der Waals surface area contributed by atoms with Gasteiger partial charge in [-0.05, 0) is 50.4 Å². The van der Waals surface area contributed by atoms with Crippen LogP contribution in [-0.4, -0.2) is 12.1 Å². The number of hydrogen-bond donors (Lipinski definition) is 0. The largest absolute Gasteiger partial charge is 0.463 e. The van der Waals surface area contributed by atoms with E-state index in [2.05, 4.69) is 13.8 Å². The molecule has 0 bridgehead atoms. The zero-order chi connectivity index (χ0) is 12.1. The molecule has 0 unspecified atom stereocenters. The minimum absolute atomic E-state index is 0.0871. The van der Waals surface area contributed by atoms with Crippen LogP contribution in [0.2, 0.25) is 0 Å². The van der Waals surface area contributed by atoms with E-state index < -0.39 is 0 Å². The Hall–Kier alpha value is -0.530. The van der Waals surface area contributed by atoms with Gasteiger partial charge in [-0.25, -0.2) is 0 Å². The quantitative estimate of drug-likeness (QED) is 0.682. The third-order valence-corrected chi connectivity index (χ3v) is 3.92. The average Bonchev–Trinajstić information content (AvgIpc) is 2.15. The fourth-order valence-corrected chi connectivity index (χ4v) is 2.95. The number of hydrogen-bond acceptors (Lipinski definition) is 2. The van der Waals surface area contributed by atoms with Crippen molar-refractivity contribution in [3.05, 3.63) is 0 Å². The van der Waals surface area contributed by atoms with Crippen LogP contribution in [0.25, 0.3) is 0 Å². The molecule has 0 spiro atoms. The topological polar surface area (TPSA) is 26.3 Å². The highest BCUT2D eigenvalue weighted by Crippen LogP contribution is 2.36. The van der Waals surface area contributed by atoms with Crippen molar-refractivity contribution >= 4 is 5.97 Å². The predicted octanol–water partition coefficient (Wildman–Crippen LogP) is 3.79. The molecule has 0 saturated heterocycles. The standard InChI is InChI=1S/C14H26O2/c1-10-5-7-14(11(2)9-10)8-6-12(3)16-13(4)15/h10-12,14H,5-9H2,1-4H3/t10-,11-,12+,14-/m0/s1. The summed E-state index contributed by atoms with van der Waals surface area (Å²) in [5, 5.41) is 0. The molecule has 0 aliphatic heterocycles. The van der Waals surface area contributed by atoms with E-state index in [-0.39, 0.29) is 12.1 Å². The average molecular weight is 226 g/mol. The molecular weight excluding hydrogens is 200 g/mol. The fourth-order valence-electron chi connectivity index (χ4n) is 2.95. The van der Waals surface area contributed by atoms with Crippen molar-refractivity contribution in [3.8, 4) is 0 Å². The minimum Gasteiger partial charge on any atom is -0.463 e. The number of carbonyl (C=O) groups excluding carboxylic acids is 1. The van der Waals surface area contributed by atoms with Crippen molar-refractivity contribution < 1.29 is 9.53 Å². The first-order valence-corrected chi connectivity index (χ1v) is 6.66. The Kier molecular flexibility index (Phi) is 5.30. The molecule has 0 amide bonds. The SMILES string of the molecule is CC(=O)O[C@H](C)CC[C@@H]1CC[C@H](C)C[C@@H]1C. The summed E-state index contributed by atoms with van der Waals surface area (Å²) in [6.07, 6.45) is 6.41. The van der Waals surface area contributed by atoms with Crippen LogP contribution in [-0.2, 0) is 9.53 Å². The van der Waals surface area contributed by atoms with Gasteiger partial charge in [0.1, 0.15) is 0 Å². The Morgan fingerprint density at radius 3 is 2.62 bits per heavy atom. The van der Waals surface area contributed by atoms with Crippen LogP contribution >= 0.6 is 0 Å². The van der Waals surface area contributed by atoms with Crippen LogP contribution in [0.3, 0.4) is 0 Å². The molecule has 1 rings (SSSR count). The molecule has 0 heterocycles. The van der Waals surface area contributed by atoms with Crippen molar-refractivity contribution in [2.45, 2.75) is 65.9 Å². The van der Waals surface area contributed by atoms with Crippen molar-refractivity contribution in [2.75, 3.05) is 0 Å². The minimum atomic E-state index is -0.155. The van der Waals surface area contributed by atoms with E-state index in [1.165, 1.54) is 32.6 Å². The third kappa shape index (κ3) is 4.54. The molecule has 2 nitrogen and oxygen atoms in total. The van der Waals surface area contributed by atoms with Gasteiger partial charge in [-0.2, -0.15) is 0 Å². The highest BCUT2D eigenvalue weighted by atomic mass is 16.5. The second-order valence-electron chi connectivity index (χ2n) is 5.65. The first-order chi connectivity index (χ1) is 7.49. The van der Waals surface area contributed by atoms with E-state index in [1.54, 1.807) is 0 Å². The van der Waals surface area contributed by atoms with E-state index in [1.807, 2.05) is 6.92 Å². The number of rotatable bonds is 4. The lowest BCUT2D eigenvalue weighted by Gasteiger charge is -2.33. The van der Waals surface area contributed by atoms with Gasteiger partial charge in [-0.3, -0.25) is 4.79 Å². The maximum Gasteiger partial charge on any atom is 0.302 e. The first-order valence-electron chi connectivity index (χ1n) is 6.66. The summed E-state index contributed by atoms with van der Waals surface area (Å²) in [5.41, 5.74) is 0. The smallest absolute Gasteiger partial charge is 0.302 e. The molecule has 1 fully saturated rings. The Balaban J connectivity index is 2.24. The van der Waals surface area contributed by atoms with Gasteiger partial charge in [0.05, 0.1) is 6.10 Å². The normalized spacial score (nSPS) is 32.1. The van der Waals surface area contributed by atoms with Gasteiger partial charge in [-0.15, -0.1) is 0 Å². The van der Waals surface area contributed by atoms with Crippen LogP contribution in [0.1, 0.15) is 59.8 Å². The second kappa shape index (κ2) is 6.27. The highest BCUT2D eigenvalue weighted by Gasteiger charge is 2.25. The second-order valence-corrected chi connectivity index (χ2v) is 5.65. The molecule has 0 radical (unpaired) electrons. The van der Waals surface area contributed by atoms with Gasteiger partial charge < -0.3 is 4.74 Å². The molecule has 0 N–H and O–H groups in total. The Morgan fingerprint density at radius 2 is 2.06 bits per heavy atom. The molecule has 4 atom stereocenters. The lowest BCUT2D eigenvalue weighted by Crippen LogP contribution is -2.23. The Bertz CT molecular complexity index is 225. The van der Waals surface area contributed by atoms with E-state index in [0.717, 1.165) is 24.2 Å². The van der Waals surface area contributed by atoms with E-state index in [4.69, 9.17) is 4.74 Å². The number of ether oxygens (including phenoxy) is 1. The van der Waals surface area contributed by atoms with Crippen LogP contribution in [0.4, 0.5) is 0 Å². The van der Waals surface area contributed by atoms with Gasteiger partial charge in [0.15, 0.2) is 0 Å². The van der Waals surface area contributed by atoms with Gasteiger partial charge in [0.2, 0.25) is 0 Å². The maximum atomic E-state index is 10.8. The summed E-state index contributed by atoms with van der Waals surface area (Å²) in [5.74, 6) is 2.43. The van der Waals surface area contributed by atoms with Gasteiger partial charge in [0.25, 0.3) is 0 Å². The van der Waals surface area contributed by atoms with Crippen LogP contribution in [0.15, 0.2) is 0 Å². The monoisotopic (exact) mass is 226 g/mol. The van der Waals surface area contributed by atoms with Gasteiger partial charge >= 0.3 is 5.97 Å². The Morgan fingerprint density at radius 1 is 1.38 bits per heavy atom. The number of esters is 1. The summed E-state index contributed by atoms with van der Waals surface area (Å²) in [6, 6.07) is 0. The summed E-state index contributed by atoms with van der Waals surface area (Å²) >= 11 is 0. The van der Waals surface area contributed by atoms with E-state index in [0.29, 0.717) is 0 Å². The maximum absolute atomic E-state index is 10.8. The summed E-state index contributed by atoms with van der Waals surface area (Å²) in [4.78, 5) is 10.8. The zero-order valence-corrected chi connectivity index (χ0v) is 11.2. The van der Waals surface area contributed by atoms with Crippen LogP contribution < -0.4 is 0 Å². The third-order valence-electron chi connectivity index (χ3n) is 3.92. The number of carbonyl (C=O) groups is 1. The van der Waals surface area contributed by atoms with Crippen molar-refractivity contribution in [1.82, 2.24) is 0 Å². The van der Waals surface area contributed by atoms with Crippen molar-refractivity contribution in [3.63, 3.8) is 0 Å². The zero-order valence-electron chi connectivity index (χ0n) is 11.2. The highest BCUT2D eigenvalue weighted by molar-refractivity contribution is 5.66. The first kappa shape index (κ1) is 13.5. The predicted molar refractivity (Wildman–Crippen MR) is 66.1 cm³/mol. The fraction of sp³-hybridized carbons (Fsp3) is 0.929. The molecule has 16 heavy (non-hydrogen) atoms. The molecular formula is C14H26O2.